The van der Waals surface area contributed by atoms with E-state index in [1.807, 2.05) is 6.07 Å². The summed E-state index contributed by atoms with van der Waals surface area (Å²) in [6.45, 7) is 3.28. The second-order valence-corrected chi connectivity index (χ2v) is 7.14. The van der Waals surface area contributed by atoms with E-state index in [9.17, 15) is 0 Å². The van der Waals surface area contributed by atoms with Crippen LogP contribution in [0.25, 0.3) is 0 Å². The van der Waals surface area contributed by atoms with Gasteiger partial charge in [0.05, 0.1) is 15.2 Å². The third kappa shape index (κ3) is 2.72. The molecule has 0 amide bonds. The molecule has 2 heterocycles. The van der Waals surface area contributed by atoms with E-state index in [-0.39, 0.29) is 0 Å². The number of benzene rings is 1. The SMILES string of the molecule is CCNC1CC2CCCC(C1)N2c1cccc(Cl)c1Br. The van der Waals surface area contributed by atoms with E-state index in [1.165, 1.54) is 37.8 Å². The van der Waals surface area contributed by atoms with E-state index in [2.05, 4.69) is 45.2 Å². The minimum absolute atomic E-state index is 0.654. The molecule has 0 spiro atoms. The molecule has 2 atom stereocenters. The standard InChI is InChI=1S/C16H22BrClN2/c1-2-19-11-9-12-5-3-6-13(10-11)20(12)15-8-4-7-14(18)16(15)17/h4,7-8,11-13,19H,2-3,5-6,9-10H2,1H3. The van der Waals surface area contributed by atoms with Crippen LogP contribution >= 0.6 is 27.5 Å². The lowest BCUT2D eigenvalue weighted by molar-refractivity contribution is 0.247. The average Bonchev–Trinajstić information content (AvgIpc) is 2.42. The first-order chi connectivity index (χ1) is 9.70. The first-order valence-electron chi connectivity index (χ1n) is 7.66. The van der Waals surface area contributed by atoms with Gasteiger partial charge in [-0.25, -0.2) is 0 Å². The molecule has 4 heteroatoms. The highest BCUT2D eigenvalue weighted by molar-refractivity contribution is 9.10. The van der Waals surface area contributed by atoms with Crippen LogP contribution in [-0.4, -0.2) is 24.7 Å². The molecule has 1 aromatic rings. The molecule has 2 bridgehead atoms. The highest BCUT2D eigenvalue weighted by Crippen LogP contribution is 2.42. The first-order valence-corrected chi connectivity index (χ1v) is 8.83. The van der Waals surface area contributed by atoms with Crippen molar-refractivity contribution in [1.29, 1.82) is 0 Å². The van der Waals surface area contributed by atoms with Gasteiger partial charge in [0.15, 0.2) is 0 Å². The Hall–Kier alpha value is -0.250. The Morgan fingerprint density at radius 3 is 2.65 bits per heavy atom. The molecule has 0 aromatic heterocycles. The molecular weight excluding hydrogens is 336 g/mol. The van der Waals surface area contributed by atoms with Crippen LogP contribution in [0.5, 0.6) is 0 Å². The van der Waals surface area contributed by atoms with E-state index in [0.717, 1.165) is 16.0 Å². The summed E-state index contributed by atoms with van der Waals surface area (Å²) in [6, 6.07) is 8.21. The van der Waals surface area contributed by atoms with Gasteiger partial charge in [0, 0.05) is 18.1 Å². The third-order valence-electron chi connectivity index (χ3n) is 4.68. The minimum Gasteiger partial charge on any atom is -0.364 e. The molecule has 2 nitrogen and oxygen atoms in total. The molecular formula is C16H22BrClN2. The van der Waals surface area contributed by atoms with E-state index in [0.29, 0.717) is 18.1 Å². The second-order valence-electron chi connectivity index (χ2n) is 5.94. The molecule has 2 aliphatic heterocycles. The molecule has 0 radical (unpaired) electrons. The van der Waals surface area contributed by atoms with Crippen LogP contribution in [0.3, 0.4) is 0 Å². The monoisotopic (exact) mass is 356 g/mol. The van der Waals surface area contributed by atoms with Gasteiger partial charge < -0.3 is 10.2 Å². The largest absolute Gasteiger partial charge is 0.364 e. The summed E-state index contributed by atoms with van der Waals surface area (Å²) in [5.74, 6) is 0. The van der Waals surface area contributed by atoms with Crippen LogP contribution in [0, 0.1) is 0 Å². The van der Waals surface area contributed by atoms with Crippen molar-refractivity contribution in [3.05, 3.63) is 27.7 Å². The molecule has 2 unspecified atom stereocenters. The first kappa shape index (κ1) is 14.7. The van der Waals surface area contributed by atoms with Crippen molar-refractivity contribution < 1.29 is 0 Å². The maximum Gasteiger partial charge on any atom is 0.0595 e. The Balaban J connectivity index is 1.88. The number of rotatable bonds is 3. The van der Waals surface area contributed by atoms with Gasteiger partial charge >= 0.3 is 0 Å². The molecule has 1 N–H and O–H groups in total. The maximum absolute atomic E-state index is 6.28. The number of nitrogens with one attached hydrogen (secondary N) is 1. The van der Waals surface area contributed by atoms with Crippen molar-refractivity contribution in [2.75, 3.05) is 11.4 Å². The molecule has 0 saturated carbocycles. The number of halogens is 2. The molecule has 0 aliphatic carbocycles. The lowest BCUT2D eigenvalue weighted by atomic mass is 9.81. The van der Waals surface area contributed by atoms with Crippen molar-refractivity contribution in [3.63, 3.8) is 0 Å². The number of piperidine rings is 2. The van der Waals surface area contributed by atoms with Crippen LogP contribution in [0.4, 0.5) is 5.69 Å². The van der Waals surface area contributed by atoms with Gasteiger partial charge in [0.2, 0.25) is 0 Å². The summed E-state index contributed by atoms with van der Waals surface area (Å²) in [7, 11) is 0. The molecule has 2 aliphatic rings. The van der Waals surface area contributed by atoms with Crippen LogP contribution in [0.15, 0.2) is 22.7 Å². The van der Waals surface area contributed by atoms with Crippen molar-refractivity contribution in [2.45, 2.75) is 57.2 Å². The van der Waals surface area contributed by atoms with Crippen LogP contribution in [0.1, 0.15) is 39.0 Å². The predicted octanol–water partition coefficient (Wildman–Crippen LogP) is 4.60. The van der Waals surface area contributed by atoms with Crippen LogP contribution < -0.4 is 10.2 Å². The Labute approximate surface area is 135 Å². The summed E-state index contributed by atoms with van der Waals surface area (Å²) in [6.07, 6.45) is 6.48. The number of hydrogen-bond donors (Lipinski definition) is 1. The molecule has 3 rings (SSSR count). The summed E-state index contributed by atoms with van der Waals surface area (Å²) < 4.78 is 1.06. The average molecular weight is 358 g/mol. The highest BCUT2D eigenvalue weighted by atomic mass is 79.9. The van der Waals surface area contributed by atoms with Crippen molar-refractivity contribution in [1.82, 2.24) is 5.32 Å². The summed E-state index contributed by atoms with van der Waals surface area (Å²) in [5, 5.41) is 4.46. The summed E-state index contributed by atoms with van der Waals surface area (Å²) in [4.78, 5) is 2.63. The fourth-order valence-electron chi connectivity index (χ4n) is 3.92. The molecule has 2 saturated heterocycles. The topological polar surface area (TPSA) is 15.3 Å². The zero-order chi connectivity index (χ0) is 14.1. The van der Waals surface area contributed by atoms with Gasteiger partial charge in [-0.1, -0.05) is 24.6 Å². The normalized spacial score (nSPS) is 29.6. The van der Waals surface area contributed by atoms with E-state index >= 15 is 0 Å². The quantitative estimate of drug-likeness (QED) is 0.850. The zero-order valence-corrected chi connectivity index (χ0v) is 14.3. The molecule has 20 heavy (non-hydrogen) atoms. The van der Waals surface area contributed by atoms with Crippen molar-refractivity contribution in [3.8, 4) is 0 Å². The lowest BCUT2D eigenvalue weighted by Gasteiger charge is -2.50. The van der Waals surface area contributed by atoms with Crippen molar-refractivity contribution >= 4 is 33.2 Å². The summed E-state index contributed by atoms with van der Waals surface area (Å²) in [5.41, 5.74) is 1.28. The van der Waals surface area contributed by atoms with Gasteiger partial charge in [0.25, 0.3) is 0 Å². The molecule has 110 valence electrons. The molecule has 1 aromatic carbocycles. The smallest absolute Gasteiger partial charge is 0.0595 e. The minimum atomic E-state index is 0.654. The van der Waals surface area contributed by atoms with Gasteiger partial charge in [-0.3, -0.25) is 0 Å². The fraction of sp³-hybridized carbons (Fsp3) is 0.625. The lowest BCUT2D eigenvalue weighted by Crippen LogP contribution is -2.56. The van der Waals surface area contributed by atoms with E-state index in [1.54, 1.807) is 0 Å². The van der Waals surface area contributed by atoms with Crippen LogP contribution in [-0.2, 0) is 0 Å². The second kappa shape index (κ2) is 6.25. The third-order valence-corrected chi connectivity index (χ3v) is 6.05. The Kier molecular flexibility index (Phi) is 4.58. The number of anilines is 1. The molecule has 2 fully saturated rings. The van der Waals surface area contributed by atoms with Crippen molar-refractivity contribution in [2.24, 2.45) is 0 Å². The van der Waals surface area contributed by atoms with E-state index in [4.69, 9.17) is 11.6 Å². The Bertz CT molecular complexity index is 466. The van der Waals surface area contributed by atoms with Gasteiger partial charge in [-0.05, 0) is 66.7 Å². The zero-order valence-electron chi connectivity index (χ0n) is 11.9. The number of nitrogens with zero attached hydrogens (tertiary/aromatic N) is 1. The number of hydrogen-bond acceptors (Lipinski definition) is 2. The fourth-order valence-corrected chi connectivity index (χ4v) is 4.56. The van der Waals surface area contributed by atoms with Gasteiger partial charge in [-0.2, -0.15) is 0 Å². The number of fused-ring (bicyclic) bond motifs is 2. The highest BCUT2D eigenvalue weighted by Gasteiger charge is 2.38. The summed E-state index contributed by atoms with van der Waals surface area (Å²) >= 11 is 9.96. The Morgan fingerprint density at radius 2 is 2.00 bits per heavy atom. The van der Waals surface area contributed by atoms with Gasteiger partial charge in [0.1, 0.15) is 0 Å². The predicted molar refractivity (Wildman–Crippen MR) is 89.8 cm³/mol. The van der Waals surface area contributed by atoms with E-state index < -0.39 is 0 Å². The Morgan fingerprint density at radius 1 is 1.30 bits per heavy atom. The van der Waals surface area contributed by atoms with Gasteiger partial charge in [-0.15, -0.1) is 0 Å². The van der Waals surface area contributed by atoms with Crippen LogP contribution in [0.2, 0.25) is 5.02 Å². The maximum atomic E-state index is 6.28.